The van der Waals surface area contributed by atoms with Crippen molar-refractivity contribution in [2.45, 2.75) is 146 Å². The maximum Gasteiger partial charge on any atom is 0.495 e. The van der Waals surface area contributed by atoms with E-state index in [1.807, 2.05) is 0 Å². The lowest BCUT2D eigenvalue weighted by Gasteiger charge is -2.22. The van der Waals surface area contributed by atoms with E-state index in [0.717, 1.165) is 56.3 Å². The van der Waals surface area contributed by atoms with E-state index in [-0.39, 0.29) is 5.75 Å². The van der Waals surface area contributed by atoms with E-state index >= 15 is 0 Å². The Kier molecular flexibility index (Phi) is 18.8. The van der Waals surface area contributed by atoms with Crippen LogP contribution < -0.4 is 0 Å². The molecule has 0 radical (unpaired) electrons. The highest BCUT2D eigenvalue weighted by Crippen LogP contribution is 2.41. The van der Waals surface area contributed by atoms with Gasteiger partial charge in [0.15, 0.2) is 0 Å². The summed E-state index contributed by atoms with van der Waals surface area (Å²) in [5.41, 5.74) is 18.0. The van der Waals surface area contributed by atoms with Crippen LogP contribution in [0.25, 0.3) is 27.8 Å². The van der Waals surface area contributed by atoms with Gasteiger partial charge >= 0.3 is 4.38 Å². The summed E-state index contributed by atoms with van der Waals surface area (Å²) < 4.78 is 78.1. The van der Waals surface area contributed by atoms with Crippen LogP contribution in [0.4, 0.5) is 0 Å². The zero-order valence-electron chi connectivity index (χ0n) is 32.9. The minimum atomic E-state index is -4.07. The van der Waals surface area contributed by atoms with Gasteiger partial charge in [-0.1, -0.05) is 138 Å². The van der Waals surface area contributed by atoms with Crippen molar-refractivity contribution >= 4 is 46.8 Å². The predicted octanol–water partition coefficient (Wildman–Crippen LogP) is 10.5. The van der Waals surface area contributed by atoms with Crippen LogP contribution >= 0.6 is 12.6 Å². The molecule has 0 atom stereocenters. The van der Waals surface area contributed by atoms with Crippen molar-refractivity contribution in [2.24, 2.45) is 0 Å². The van der Waals surface area contributed by atoms with Gasteiger partial charge in [-0.05, 0) is 91.8 Å². The third kappa shape index (κ3) is 13.4. The third-order valence-corrected chi connectivity index (χ3v) is 17.3. The fourth-order valence-electron chi connectivity index (χ4n) is 7.66. The lowest BCUT2D eigenvalue weighted by Crippen LogP contribution is -2.40. The molecule has 0 amide bonds. The maximum absolute atomic E-state index is 12.5. The second kappa shape index (κ2) is 22.2. The molecule has 0 aromatic heterocycles. The zero-order valence-corrected chi connectivity index (χ0v) is 36.3. The van der Waals surface area contributed by atoms with E-state index in [2.05, 4.69) is 93.1 Å². The molecule has 0 aliphatic heterocycles. The summed E-state index contributed by atoms with van der Waals surface area (Å²) in [6.07, 6.45) is 12.9. The number of hydrogen-bond acceptors (Lipinski definition) is 7. The molecule has 304 valence electrons. The quantitative estimate of drug-likeness (QED) is 0.0370. The first-order valence-electron chi connectivity index (χ1n) is 19.7. The second-order valence-corrected chi connectivity index (χ2v) is 21.3. The molecule has 0 saturated heterocycles. The smallest absolute Gasteiger partial charge is 0.359 e. The van der Waals surface area contributed by atoms with Gasteiger partial charge in [0.05, 0.1) is 16.3 Å². The van der Waals surface area contributed by atoms with Gasteiger partial charge in [0.1, 0.15) is 0 Å². The Balaban J connectivity index is 0.000000232. The topological polar surface area (TPSA) is 159 Å². The van der Waals surface area contributed by atoms with Crippen molar-refractivity contribution in [2.75, 3.05) is 5.75 Å². The Morgan fingerprint density at radius 1 is 0.636 bits per heavy atom. The average Bonchev–Trinajstić information content (AvgIpc) is 3.17. The molecule has 0 spiro atoms. The Morgan fingerprint density at radius 3 is 1.38 bits per heavy atom. The molecule has 55 heavy (non-hydrogen) atoms. The molecule has 2 aliphatic carbocycles. The fourth-order valence-corrected chi connectivity index (χ4v) is 13.3. The Bertz CT molecular complexity index is 1940. The lowest BCUT2D eigenvalue weighted by molar-refractivity contribution is 0.00359. The molecule has 3 aromatic carbocycles. The first-order valence-corrected chi connectivity index (χ1v) is 24.8. The van der Waals surface area contributed by atoms with E-state index in [0.29, 0.717) is 32.1 Å². The SMILES string of the molecule is CCCCCCCCS(=O)(=O)O.Cc1c(S)c(C)c(-c2ccccc2)c(C)c1-c1ccccc1.[N-]=[N+]=C(S(=O)(=O)C1CCCCC1)S(=O)(=O)C1CCCCC1. The molecule has 0 heterocycles. The average molecular weight is 833 g/mol. The number of thiol groups is 1. The normalized spacial score (nSPS) is 15.5. The minimum Gasteiger partial charge on any atom is -0.359 e. The van der Waals surface area contributed by atoms with Gasteiger partial charge in [0.25, 0.3) is 29.8 Å². The molecule has 5 rings (SSSR count). The minimum absolute atomic E-state index is 0.0842. The van der Waals surface area contributed by atoms with Gasteiger partial charge < -0.3 is 5.53 Å². The van der Waals surface area contributed by atoms with Crippen LogP contribution in [0.1, 0.15) is 126 Å². The zero-order chi connectivity index (χ0) is 40.6. The first-order chi connectivity index (χ1) is 26.1. The molecule has 2 saturated carbocycles. The monoisotopic (exact) mass is 832 g/mol. The summed E-state index contributed by atoms with van der Waals surface area (Å²) in [5, 5.41) is -1.45. The summed E-state index contributed by atoms with van der Waals surface area (Å²) in [5.74, 6) is -0.0842. The Morgan fingerprint density at radius 2 is 1.02 bits per heavy atom. The van der Waals surface area contributed by atoms with Crippen LogP contribution in [0.3, 0.4) is 0 Å². The van der Waals surface area contributed by atoms with Gasteiger partial charge in [-0.3, -0.25) is 4.55 Å². The highest BCUT2D eigenvalue weighted by atomic mass is 32.3. The number of hydrogen-bond donors (Lipinski definition) is 2. The number of benzene rings is 3. The van der Waals surface area contributed by atoms with Crippen molar-refractivity contribution in [3.8, 4) is 22.3 Å². The van der Waals surface area contributed by atoms with Gasteiger partial charge in [0, 0.05) is 4.90 Å². The van der Waals surface area contributed by atoms with E-state index in [1.54, 1.807) is 0 Å². The molecule has 13 heteroatoms. The van der Waals surface area contributed by atoms with Crippen molar-refractivity contribution in [1.82, 2.24) is 0 Å². The Hall–Kier alpha value is -2.80. The highest BCUT2D eigenvalue weighted by Gasteiger charge is 2.49. The van der Waals surface area contributed by atoms with Crippen molar-refractivity contribution in [3.63, 3.8) is 0 Å². The van der Waals surface area contributed by atoms with Crippen molar-refractivity contribution in [1.29, 1.82) is 0 Å². The summed E-state index contributed by atoms with van der Waals surface area (Å²) in [4.78, 5) is 3.81. The van der Waals surface area contributed by atoms with Crippen LogP contribution in [0, 0.1) is 20.8 Å². The first kappa shape index (κ1) is 46.6. The lowest BCUT2D eigenvalue weighted by atomic mass is 9.86. The standard InChI is InChI=1S/C21H20S.C13H22N2O4S2.C8H18O3S/c1-14-19(17-10-6-4-7-11-17)15(2)21(22)16(3)20(14)18-12-8-5-9-13-18;14-15-13(20(16,17)11-7-3-1-4-8-11)21(18,19)12-9-5-2-6-10-12;1-2-3-4-5-6-7-8-12(9,10)11/h4-13,22H,1-3H3;11-12H,1-10H2;2-8H2,1H3,(H,9,10,11). The second-order valence-electron chi connectivity index (χ2n) is 14.7. The molecule has 1 N–H and O–H groups in total. The third-order valence-electron chi connectivity index (χ3n) is 10.6. The molecular weight excluding hydrogens is 773 g/mol. The molecule has 2 fully saturated rings. The Labute approximate surface area is 336 Å². The molecule has 3 aromatic rings. The number of unbranched alkanes of at least 4 members (excludes halogenated alkanes) is 5. The van der Waals surface area contributed by atoms with E-state index in [9.17, 15) is 25.3 Å². The molecular formula is C42H60N2O7S4. The maximum atomic E-state index is 12.5. The van der Waals surface area contributed by atoms with Crippen LogP contribution in [-0.2, 0) is 29.8 Å². The summed E-state index contributed by atoms with van der Waals surface area (Å²) >= 11 is 4.80. The van der Waals surface area contributed by atoms with Crippen LogP contribution in [0.15, 0.2) is 65.6 Å². The predicted molar refractivity (Wildman–Crippen MR) is 229 cm³/mol. The largest absolute Gasteiger partial charge is 0.495 e. The summed E-state index contributed by atoms with van der Waals surface area (Å²) in [6.45, 7) is 8.69. The van der Waals surface area contributed by atoms with E-state index in [4.69, 9.17) is 22.7 Å². The number of sulfone groups is 2. The highest BCUT2D eigenvalue weighted by molar-refractivity contribution is 8.31. The summed E-state index contributed by atoms with van der Waals surface area (Å²) in [6, 6.07) is 21.2. The van der Waals surface area contributed by atoms with Crippen LogP contribution in [0.5, 0.6) is 0 Å². The fraction of sp³-hybridized carbons (Fsp3) is 0.548. The molecule has 9 nitrogen and oxygen atoms in total. The van der Waals surface area contributed by atoms with Gasteiger partial charge in [0.2, 0.25) is 0 Å². The van der Waals surface area contributed by atoms with E-state index in [1.165, 1.54) is 58.2 Å². The molecule has 2 aliphatic rings. The molecule has 0 bridgehead atoms. The number of nitrogens with zero attached hydrogens (tertiary/aromatic N) is 2. The van der Waals surface area contributed by atoms with Crippen molar-refractivity contribution in [3.05, 3.63) is 82.9 Å². The van der Waals surface area contributed by atoms with Gasteiger partial charge in [-0.15, -0.1) is 17.4 Å². The van der Waals surface area contributed by atoms with Gasteiger partial charge in [-0.25, -0.2) is 16.8 Å². The molecule has 0 unspecified atom stereocenters. The van der Waals surface area contributed by atoms with Gasteiger partial charge in [-0.2, -0.15) is 8.42 Å². The van der Waals surface area contributed by atoms with Crippen molar-refractivity contribution < 1.29 is 34.6 Å². The van der Waals surface area contributed by atoms with E-state index < -0.39 is 44.7 Å². The number of rotatable bonds is 11. The van der Waals surface area contributed by atoms with Crippen LogP contribution in [0.2, 0.25) is 0 Å². The summed E-state index contributed by atoms with van der Waals surface area (Å²) in [7, 11) is -11.9. The van der Waals surface area contributed by atoms with Crippen LogP contribution in [-0.4, -0.2) is 55.2 Å².